The molecule has 0 radical (unpaired) electrons. The summed E-state index contributed by atoms with van der Waals surface area (Å²) in [5.74, 6) is 2.05. The van der Waals surface area contributed by atoms with Gasteiger partial charge < -0.3 is 18.9 Å². The summed E-state index contributed by atoms with van der Waals surface area (Å²) >= 11 is 0. The van der Waals surface area contributed by atoms with Crippen molar-refractivity contribution in [2.24, 2.45) is 11.8 Å². The summed E-state index contributed by atoms with van der Waals surface area (Å²) in [4.78, 5) is 0. The highest BCUT2D eigenvalue weighted by Gasteiger charge is 2.64. The molecule has 1 saturated heterocycles. The molecule has 4 heteroatoms. The lowest BCUT2D eigenvalue weighted by molar-refractivity contribution is -0.314. The third-order valence-corrected chi connectivity index (χ3v) is 7.64. The van der Waals surface area contributed by atoms with Crippen LogP contribution in [0.3, 0.4) is 0 Å². The lowest BCUT2D eigenvalue weighted by Gasteiger charge is -2.52. The van der Waals surface area contributed by atoms with Crippen LogP contribution in [0.4, 0.5) is 0 Å². The molecule has 4 rings (SSSR count). The van der Waals surface area contributed by atoms with Crippen LogP contribution in [-0.4, -0.2) is 32.2 Å². The van der Waals surface area contributed by atoms with Gasteiger partial charge in [-0.15, -0.1) is 0 Å². The molecular formula is C25H36O4. The van der Waals surface area contributed by atoms with Crippen LogP contribution in [0.5, 0.6) is 11.5 Å². The quantitative estimate of drug-likeness (QED) is 0.597. The number of allylic oxidation sites excluding steroid dienone is 2. The Hall–Kier alpha value is -1.52. The molecule has 0 saturated carbocycles. The second kappa shape index (κ2) is 7.96. The van der Waals surface area contributed by atoms with Gasteiger partial charge in [0, 0.05) is 17.4 Å². The first-order valence-corrected chi connectivity index (χ1v) is 11.3. The van der Waals surface area contributed by atoms with Gasteiger partial charge in [-0.05, 0) is 56.1 Å². The molecule has 0 spiro atoms. The summed E-state index contributed by atoms with van der Waals surface area (Å²) in [7, 11) is 1.73. The van der Waals surface area contributed by atoms with E-state index in [0.717, 1.165) is 56.8 Å². The largest absolute Gasteiger partial charge is 0.493 e. The van der Waals surface area contributed by atoms with Crippen molar-refractivity contribution in [2.45, 2.75) is 77.1 Å². The fourth-order valence-electron chi connectivity index (χ4n) is 6.00. The van der Waals surface area contributed by atoms with Gasteiger partial charge in [0.05, 0.1) is 20.3 Å². The SMILES string of the molecule is CC=CCCC12c3c(ccc(OC)c3OC1C1(CC)OCCCO1)CC(C)C2C. The molecule has 4 unspecified atom stereocenters. The average molecular weight is 401 g/mol. The average Bonchev–Trinajstić information content (AvgIpc) is 3.11. The Labute approximate surface area is 175 Å². The van der Waals surface area contributed by atoms with Crippen LogP contribution in [0.1, 0.15) is 64.5 Å². The van der Waals surface area contributed by atoms with E-state index in [0.29, 0.717) is 11.8 Å². The lowest BCUT2D eigenvalue weighted by Crippen LogP contribution is -2.62. The highest BCUT2D eigenvalue weighted by atomic mass is 16.7. The van der Waals surface area contributed by atoms with E-state index in [2.05, 4.69) is 52.0 Å². The molecule has 1 aromatic carbocycles. The van der Waals surface area contributed by atoms with E-state index in [9.17, 15) is 0 Å². The predicted octanol–water partition coefficient (Wildman–Crippen LogP) is 5.42. The third-order valence-electron chi connectivity index (χ3n) is 7.64. The van der Waals surface area contributed by atoms with E-state index in [-0.39, 0.29) is 11.5 Å². The summed E-state index contributed by atoms with van der Waals surface area (Å²) < 4.78 is 25.4. The molecule has 2 heterocycles. The number of hydrogen-bond donors (Lipinski definition) is 0. The summed E-state index contributed by atoms with van der Waals surface area (Å²) in [6.07, 6.45) is 9.08. The Bertz CT molecular complexity index is 764. The van der Waals surface area contributed by atoms with Gasteiger partial charge in [-0.2, -0.15) is 0 Å². The zero-order valence-electron chi connectivity index (χ0n) is 18.6. The normalized spacial score (nSPS) is 32.8. The Balaban J connectivity index is 1.93. The molecule has 0 N–H and O–H groups in total. The molecule has 1 aliphatic carbocycles. The maximum atomic E-state index is 6.84. The second-order valence-electron chi connectivity index (χ2n) is 8.96. The van der Waals surface area contributed by atoms with Gasteiger partial charge in [0.15, 0.2) is 17.6 Å². The fraction of sp³-hybridized carbons (Fsp3) is 0.680. The monoisotopic (exact) mass is 400 g/mol. The molecule has 2 aliphatic heterocycles. The highest BCUT2D eigenvalue weighted by molar-refractivity contribution is 5.60. The van der Waals surface area contributed by atoms with Gasteiger partial charge in [-0.1, -0.05) is 39.0 Å². The van der Waals surface area contributed by atoms with Gasteiger partial charge in [0.2, 0.25) is 5.79 Å². The van der Waals surface area contributed by atoms with Crippen LogP contribution < -0.4 is 9.47 Å². The molecule has 0 bridgehead atoms. The maximum Gasteiger partial charge on any atom is 0.206 e. The van der Waals surface area contributed by atoms with E-state index in [1.165, 1.54) is 11.1 Å². The lowest BCUT2D eigenvalue weighted by atomic mass is 9.55. The summed E-state index contributed by atoms with van der Waals surface area (Å²) in [6.45, 7) is 10.5. The van der Waals surface area contributed by atoms with Gasteiger partial charge >= 0.3 is 0 Å². The van der Waals surface area contributed by atoms with Crippen molar-refractivity contribution in [3.63, 3.8) is 0 Å². The number of hydrogen-bond acceptors (Lipinski definition) is 4. The van der Waals surface area contributed by atoms with Crippen LogP contribution >= 0.6 is 0 Å². The topological polar surface area (TPSA) is 36.9 Å². The van der Waals surface area contributed by atoms with Crippen molar-refractivity contribution in [3.05, 3.63) is 35.4 Å². The molecular weight excluding hydrogens is 364 g/mol. The Morgan fingerprint density at radius 2 is 1.97 bits per heavy atom. The van der Waals surface area contributed by atoms with E-state index >= 15 is 0 Å². The smallest absolute Gasteiger partial charge is 0.206 e. The van der Waals surface area contributed by atoms with Gasteiger partial charge in [0.25, 0.3) is 0 Å². The second-order valence-corrected chi connectivity index (χ2v) is 8.96. The van der Waals surface area contributed by atoms with Crippen molar-refractivity contribution in [1.29, 1.82) is 0 Å². The number of rotatable bonds is 6. The van der Waals surface area contributed by atoms with Crippen molar-refractivity contribution < 1.29 is 18.9 Å². The number of benzene rings is 1. The van der Waals surface area contributed by atoms with Crippen LogP contribution in [0, 0.1) is 11.8 Å². The standard InChI is InChI=1S/C25H36O4/c1-6-8-9-13-24-18(4)17(3)16-19-11-12-20(26-5)22(21(19)24)29-23(24)25(7-2)27-14-10-15-28-25/h6,8,11-12,17-18,23H,7,9-10,13-16H2,1-5H3. The van der Waals surface area contributed by atoms with Crippen molar-refractivity contribution in [2.75, 3.05) is 20.3 Å². The van der Waals surface area contributed by atoms with E-state index in [1.807, 2.05) is 0 Å². The van der Waals surface area contributed by atoms with Crippen molar-refractivity contribution >= 4 is 0 Å². The molecule has 4 atom stereocenters. The molecule has 3 aliphatic rings. The van der Waals surface area contributed by atoms with Gasteiger partial charge in [-0.3, -0.25) is 0 Å². The van der Waals surface area contributed by atoms with Crippen LogP contribution in [0.15, 0.2) is 24.3 Å². The third kappa shape index (κ3) is 3.02. The molecule has 1 aromatic rings. The molecule has 0 aromatic heterocycles. The minimum absolute atomic E-state index is 0.149. The minimum Gasteiger partial charge on any atom is -0.493 e. The van der Waals surface area contributed by atoms with Crippen molar-refractivity contribution in [1.82, 2.24) is 0 Å². The zero-order chi connectivity index (χ0) is 20.6. The minimum atomic E-state index is -0.708. The fourth-order valence-corrected chi connectivity index (χ4v) is 6.00. The highest BCUT2D eigenvalue weighted by Crippen LogP contribution is 2.62. The van der Waals surface area contributed by atoms with Crippen LogP contribution in [0.25, 0.3) is 0 Å². The Morgan fingerprint density at radius 3 is 2.62 bits per heavy atom. The van der Waals surface area contributed by atoms with Crippen LogP contribution in [-0.2, 0) is 21.3 Å². The van der Waals surface area contributed by atoms with Crippen molar-refractivity contribution in [3.8, 4) is 11.5 Å². The van der Waals surface area contributed by atoms with E-state index < -0.39 is 5.79 Å². The summed E-state index contributed by atoms with van der Waals surface area (Å²) in [5, 5.41) is 0. The zero-order valence-corrected chi connectivity index (χ0v) is 18.6. The summed E-state index contributed by atoms with van der Waals surface area (Å²) in [6, 6.07) is 4.31. The number of ether oxygens (including phenoxy) is 4. The molecule has 160 valence electrons. The summed E-state index contributed by atoms with van der Waals surface area (Å²) in [5.41, 5.74) is 2.60. The molecule has 4 nitrogen and oxygen atoms in total. The van der Waals surface area contributed by atoms with E-state index in [1.54, 1.807) is 7.11 Å². The molecule has 29 heavy (non-hydrogen) atoms. The molecule has 0 amide bonds. The van der Waals surface area contributed by atoms with Gasteiger partial charge in [0.1, 0.15) is 0 Å². The first kappa shape index (κ1) is 20.7. The maximum absolute atomic E-state index is 6.84. The van der Waals surface area contributed by atoms with E-state index in [4.69, 9.17) is 18.9 Å². The first-order chi connectivity index (χ1) is 14.0. The first-order valence-electron chi connectivity index (χ1n) is 11.3. The Kier molecular flexibility index (Phi) is 5.69. The predicted molar refractivity (Wildman–Crippen MR) is 115 cm³/mol. The Morgan fingerprint density at radius 1 is 1.21 bits per heavy atom. The van der Waals surface area contributed by atoms with Crippen LogP contribution in [0.2, 0.25) is 0 Å². The van der Waals surface area contributed by atoms with Gasteiger partial charge in [-0.25, -0.2) is 0 Å². The molecule has 1 fully saturated rings. The number of methoxy groups -OCH3 is 1.